The maximum atomic E-state index is 13.3. The van der Waals surface area contributed by atoms with Crippen molar-refractivity contribution in [1.82, 2.24) is 0 Å². The lowest BCUT2D eigenvalue weighted by molar-refractivity contribution is 0.305. The SMILES string of the molecule is [C-]#[N+]c1ccc(O)cc1F.[C-]#[N+]c1ccc(OCc2ccccc2)cc1F. The van der Waals surface area contributed by atoms with Crippen molar-refractivity contribution in [1.29, 1.82) is 0 Å². The fraction of sp³-hybridized carbons (Fsp3) is 0.0476. The summed E-state index contributed by atoms with van der Waals surface area (Å²) < 4.78 is 31.2. The van der Waals surface area contributed by atoms with Gasteiger partial charge in [-0.2, -0.15) is 0 Å². The van der Waals surface area contributed by atoms with Gasteiger partial charge in [0.05, 0.1) is 13.1 Å². The van der Waals surface area contributed by atoms with E-state index in [4.69, 9.17) is 23.0 Å². The highest BCUT2D eigenvalue weighted by Gasteiger charge is 2.03. The lowest BCUT2D eigenvalue weighted by atomic mass is 10.2. The van der Waals surface area contributed by atoms with Gasteiger partial charge in [0.2, 0.25) is 11.4 Å². The molecule has 0 saturated carbocycles. The minimum absolute atomic E-state index is 0.0112. The smallest absolute Gasteiger partial charge is 0.222 e. The Kier molecular flexibility index (Phi) is 6.87. The van der Waals surface area contributed by atoms with Crippen LogP contribution in [0, 0.1) is 24.8 Å². The fourth-order valence-electron chi connectivity index (χ4n) is 2.00. The standard InChI is InChI=1S/C14H10FNO.C7H4FNO/c1-16-14-8-7-12(9-13(14)15)17-10-11-5-3-2-4-6-11;1-9-7-3-2-5(10)4-6(7)8/h2-9H,10H2;2-4,10H. The molecular formula is C21H14F2N2O2. The molecule has 0 unspecified atom stereocenters. The molecule has 6 heteroatoms. The van der Waals surface area contributed by atoms with Crippen LogP contribution in [0.25, 0.3) is 9.69 Å². The molecule has 0 aliphatic heterocycles. The summed E-state index contributed by atoms with van der Waals surface area (Å²) >= 11 is 0. The minimum Gasteiger partial charge on any atom is -0.508 e. The molecule has 3 aromatic carbocycles. The second kappa shape index (κ2) is 9.55. The molecule has 0 bridgehead atoms. The van der Waals surface area contributed by atoms with Crippen molar-refractivity contribution in [3.8, 4) is 11.5 Å². The second-order valence-corrected chi connectivity index (χ2v) is 5.25. The molecule has 0 heterocycles. The lowest BCUT2D eigenvalue weighted by Crippen LogP contribution is -1.95. The first kappa shape index (κ1) is 19.4. The molecule has 3 rings (SSSR count). The van der Waals surface area contributed by atoms with Crippen molar-refractivity contribution in [2.45, 2.75) is 6.61 Å². The van der Waals surface area contributed by atoms with Crippen molar-refractivity contribution < 1.29 is 18.6 Å². The van der Waals surface area contributed by atoms with Crippen LogP contribution in [0.5, 0.6) is 11.5 Å². The fourth-order valence-corrected chi connectivity index (χ4v) is 2.00. The summed E-state index contributed by atoms with van der Waals surface area (Å²) in [6.07, 6.45) is 0. The number of nitrogens with zero attached hydrogens (tertiary/aromatic N) is 2. The Morgan fingerprint density at radius 3 is 1.96 bits per heavy atom. The van der Waals surface area contributed by atoms with Gasteiger partial charge in [0.25, 0.3) is 0 Å². The van der Waals surface area contributed by atoms with E-state index in [9.17, 15) is 8.78 Å². The summed E-state index contributed by atoms with van der Waals surface area (Å²) in [6, 6.07) is 17.3. The Morgan fingerprint density at radius 1 is 0.815 bits per heavy atom. The molecular weight excluding hydrogens is 350 g/mol. The summed E-state index contributed by atoms with van der Waals surface area (Å²) in [5, 5.41) is 8.69. The number of phenolic OH excluding ortho intramolecular Hbond substituents is 1. The second-order valence-electron chi connectivity index (χ2n) is 5.25. The van der Waals surface area contributed by atoms with Crippen LogP contribution in [0.2, 0.25) is 0 Å². The van der Waals surface area contributed by atoms with E-state index in [2.05, 4.69) is 9.69 Å². The van der Waals surface area contributed by atoms with Crippen LogP contribution < -0.4 is 4.74 Å². The van der Waals surface area contributed by atoms with Crippen LogP contribution in [0.15, 0.2) is 66.7 Å². The predicted octanol–water partition coefficient (Wildman–Crippen LogP) is 6.04. The first-order chi connectivity index (χ1) is 13.0. The van der Waals surface area contributed by atoms with Crippen LogP contribution in [-0.4, -0.2) is 5.11 Å². The Labute approximate surface area is 155 Å². The lowest BCUT2D eigenvalue weighted by Gasteiger charge is -2.06. The number of rotatable bonds is 3. The maximum absolute atomic E-state index is 13.3. The zero-order chi connectivity index (χ0) is 19.6. The number of ether oxygens (including phenoxy) is 1. The van der Waals surface area contributed by atoms with Crippen molar-refractivity contribution >= 4 is 11.4 Å². The van der Waals surface area contributed by atoms with Gasteiger partial charge in [0.15, 0.2) is 0 Å². The first-order valence-electron chi connectivity index (χ1n) is 7.73. The van der Waals surface area contributed by atoms with E-state index in [1.165, 1.54) is 24.3 Å². The summed E-state index contributed by atoms with van der Waals surface area (Å²) in [7, 11) is 0. The summed E-state index contributed by atoms with van der Waals surface area (Å²) in [5.74, 6) is -0.968. The first-order valence-corrected chi connectivity index (χ1v) is 7.73. The molecule has 0 aliphatic rings. The van der Waals surface area contributed by atoms with Gasteiger partial charge >= 0.3 is 0 Å². The van der Waals surface area contributed by atoms with E-state index < -0.39 is 11.6 Å². The van der Waals surface area contributed by atoms with Crippen LogP contribution >= 0.6 is 0 Å². The molecule has 0 spiro atoms. The average Bonchev–Trinajstić information content (AvgIpc) is 2.68. The molecule has 0 amide bonds. The Morgan fingerprint density at radius 2 is 1.41 bits per heavy atom. The minimum atomic E-state index is -0.685. The largest absolute Gasteiger partial charge is 0.508 e. The quantitative estimate of drug-likeness (QED) is 0.576. The third-order valence-corrected chi connectivity index (χ3v) is 3.34. The van der Waals surface area contributed by atoms with E-state index in [1.807, 2.05) is 30.3 Å². The number of halogens is 2. The van der Waals surface area contributed by atoms with Crippen LogP contribution in [0.3, 0.4) is 0 Å². The molecule has 134 valence electrons. The number of phenols is 1. The summed E-state index contributed by atoms with van der Waals surface area (Å²) in [5.41, 5.74) is 0.956. The highest BCUT2D eigenvalue weighted by atomic mass is 19.1. The van der Waals surface area contributed by atoms with E-state index in [0.717, 1.165) is 11.6 Å². The third-order valence-electron chi connectivity index (χ3n) is 3.34. The van der Waals surface area contributed by atoms with E-state index in [-0.39, 0.29) is 17.1 Å². The van der Waals surface area contributed by atoms with Crippen LogP contribution in [0.1, 0.15) is 5.56 Å². The highest BCUT2D eigenvalue weighted by molar-refractivity contribution is 5.49. The number of benzene rings is 3. The van der Waals surface area contributed by atoms with Crippen molar-refractivity contribution in [2.75, 3.05) is 0 Å². The van der Waals surface area contributed by atoms with Crippen LogP contribution in [0.4, 0.5) is 20.2 Å². The molecule has 3 aromatic rings. The zero-order valence-corrected chi connectivity index (χ0v) is 14.1. The summed E-state index contributed by atoms with van der Waals surface area (Å²) in [6.45, 7) is 13.6. The van der Waals surface area contributed by atoms with E-state index in [1.54, 1.807) is 6.07 Å². The van der Waals surface area contributed by atoms with Gasteiger partial charge in [0.1, 0.15) is 29.7 Å². The van der Waals surface area contributed by atoms with Crippen LogP contribution in [-0.2, 0) is 6.61 Å². The molecule has 0 saturated heterocycles. The Bertz CT molecular complexity index is 993. The van der Waals surface area contributed by atoms with Gasteiger partial charge in [-0.05, 0) is 29.8 Å². The van der Waals surface area contributed by atoms with Gasteiger partial charge in [-0.3, -0.25) is 0 Å². The third kappa shape index (κ3) is 5.84. The molecule has 0 fully saturated rings. The molecule has 0 atom stereocenters. The van der Waals surface area contributed by atoms with Gasteiger partial charge in [-0.1, -0.05) is 30.3 Å². The number of hydrogen-bond donors (Lipinski definition) is 1. The van der Waals surface area contributed by atoms with Gasteiger partial charge in [-0.15, -0.1) is 0 Å². The van der Waals surface area contributed by atoms with Gasteiger partial charge in [0, 0.05) is 12.1 Å². The summed E-state index contributed by atoms with van der Waals surface area (Å²) in [4.78, 5) is 5.92. The topological polar surface area (TPSA) is 38.2 Å². The molecule has 4 nitrogen and oxygen atoms in total. The van der Waals surface area contributed by atoms with Crippen molar-refractivity contribution in [2.24, 2.45) is 0 Å². The average molecular weight is 364 g/mol. The predicted molar refractivity (Wildman–Crippen MR) is 97.8 cm³/mol. The number of aromatic hydroxyl groups is 1. The maximum Gasteiger partial charge on any atom is 0.222 e. The molecule has 0 aromatic heterocycles. The zero-order valence-electron chi connectivity index (χ0n) is 14.1. The normalized spacial score (nSPS) is 9.33. The van der Waals surface area contributed by atoms with E-state index in [0.29, 0.717) is 12.4 Å². The van der Waals surface area contributed by atoms with Crippen molar-refractivity contribution in [3.63, 3.8) is 0 Å². The van der Waals surface area contributed by atoms with Crippen molar-refractivity contribution in [3.05, 3.63) is 107 Å². The molecule has 0 radical (unpaired) electrons. The Balaban J connectivity index is 0.000000223. The molecule has 1 N–H and O–H groups in total. The molecule has 27 heavy (non-hydrogen) atoms. The highest BCUT2D eigenvalue weighted by Crippen LogP contribution is 2.23. The van der Waals surface area contributed by atoms with Gasteiger partial charge < -0.3 is 9.84 Å². The van der Waals surface area contributed by atoms with E-state index >= 15 is 0 Å². The Hall–Kier alpha value is -3.90. The van der Waals surface area contributed by atoms with Gasteiger partial charge in [-0.25, -0.2) is 18.5 Å². The molecule has 0 aliphatic carbocycles. The number of hydrogen-bond acceptors (Lipinski definition) is 2. The monoisotopic (exact) mass is 364 g/mol.